The summed E-state index contributed by atoms with van der Waals surface area (Å²) in [7, 11) is 0. The Labute approximate surface area is 142 Å². The number of fused-ring (bicyclic) bond motifs is 1. The zero-order chi connectivity index (χ0) is 15.5. The van der Waals surface area contributed by atoms with E-state index in [4.69, 9.17) is 5.26 Å². The standard InChI is InChI=1S/C16H16IN5/c1-10-11(7-13(17)2-4-18)6-12(8-20-10)15-14-3-5-19-16(14)22-9-21-15/h3,5-6,8-11,13H,2,7H2,1H3,(H,19,21,22). The first kappa shape index (κ1) is 15.2. The summed E-state index contributed by atoms with van der Waals surface area (Å²) in [5, 5.41) is 9.85. The number of nitriles is 1. The number of dihydropyridines is 1. The molecule has 3 rings (SSSR count). The number of H-pyrrole nitrogens is 1. The van der Waals surface area contributed by atoms with Crippen LogP contribution in [0.4, 0.5) is 0 Å². The van der Waals surface area contributed by atoms with Crippen molar-refractivity contribution in [1.82, 2.24) is 15.0 Å². The number of hydrogen-bond donors (Lipinski definition) is 1. The second-order valence-corrected chi connectivity index (χ2v) is 7.22. The van der Waals surface area contributed by atoms with Gasteiger partial charge >= 0.3 is 0 Å². The first-order valence-electron chi connectivity index (χ1n) is 7.23. The highest BCUT2D eigenvalue weighted by Gasteiger charge is 2.23. The molecule has 0 aliphatic carbocycles. The van der Waals surface area contributed by atoms with Crippen LogP contribution in [0.5, 0.6) is 0 Å². The second-order valence-electron chi connectivity index (χ2n) is 5.46. The molecule has 1 N–H and O–H groups in total. The van der Waals surface area contributed by atoms with Gasteiger partial charge in [0.2, 0.25) is 0 Å². The van der Waals surface area contributed by atoms with Gasteiger partial charge in [0.05, 0.1) is 17.8 Å². The van der Waals surface area contributed by atoms with Gasteiger partial charge in [0.1, 0.15) is 12.0 Å². The van der Waals surface area contributed by atoms with Crippen LogP contribution < -0.4 is 0 Å². The lowest BCUT2D eigenvalue weighted by atomic mass is 9.90. The van der Waals surface area contributed by atoms with E-state index in [1.165, 1.54) is 0 Å². The third kappa shape index (κ3) is 3.04. The fourth-order valence-electron chi connectivity index (χ4n) is 2.71. The highest BCUT2D eigenvalue weighted by molar-refractivity contribution is 14.1. The van der Waals surface area contributed by atoms with Crippen molar-refractivity contribution in [3.8, 4) is 6.07 Å². The summed E-state index contributed by atoms with van der Waals surface area (Å²) in [5.74, 6) is 0.333. The van der Waals surface area contributed by atoms with Gasteiger partial charge in [0.15, 0.2) is 0 Å². The normalized spacial score (nSPS) is 22.3. The molecule has 5 nitrogen and oxygen atoms in total. The van der Waals surface area contributed by atoms with E-state index >= 15 is 0 Å². The van der Waals surface area contributed by atoms with E-state index in [9.17, 15) is 0 Å². The van der Waals surface area contributed by atoms with Crippen molar-refractivity contribution >= 4 is 45.4 Å². The highest BCUT2D eigenvalue weighted by Crippen LogP contribution is 2.30. The monoisotopic (exact) mass is 405 g/mol. The number of nitrogens with one attached hydrogen (secondary N) is 1. The second kappa shape index (κ2) is 6.57. The molecule has 6 heteroatoms. The number of nitrogens with zero attached hydrogens (tertiary/aromatic N) is 4. The van der Waals surface area contributed by atoms with Crippen LogP contribution in [0.1, 0.15) is 25.5 Å². The molecule has 3 atom stereocenters. The van der Waals surface area contributed by atoms with Crippen molar-refractivity contribution in [3.05, 3.63) is 30.4 Å². The van der Waals surface area contributed by atoms with Crippen LogP contribution in [0.25, 0.3) is 16.6 Å². The van der Waals surface area contributed by atoms with Gasteiger partial charge in [-0.15, -0.1) is 0 Å². The summed E-state index contributed by atoms with van der Waals surface area (Å²) in [6, 6.07) is 4.47. The molecule has 1 aliphatic rings. The van der Waals surface area contributed by atoms with E-state index in [1.54, 1.807) is 6.33 Å². The molecule has 2 aromatic heterocycles. The van der Waals surface area contributed by atoms with Gasteiger partial charge < -0.3 is 4.98 Å². The molecule has 1 aliphatic heterocycles. The Morgan fingerprint density at radius 1 is 1.45 bits per heavy atom. The Bertz CT molecular complexity index is 770. The molecule has 0 radical (unpaired) electrons. The van der Waals surface area contributed by atoms with Gasteiger partial charge in [-0.2, -0.15) is 5.26 Å². The molecule has 0 bridgehead atoms. The summed E-state index contributed by atoms with van der Waals surface area (Å²) in [6.07, 6.45) is 9.13. The molecule has 0 spiro atoms. The molecule has 22 heavy (non-hydrogen) atoms. The van der Waals surface area contributed by atoms with Crippen molar-refractivity contribution in [2.75, 3.05) is 0 Å². The van der Waals surface area contributed by atoms with E-state index in [1.807, 2.05) is 18.5 Å². The predicted octanol–water partition coefficient (Wildman–Crippen LogP) is 3.54. The number of alkyl halides is 1. The number of aliphatic imine (C=N–C) groups is 1. The molecule has 0 fully saturated rings. The van der Waals surface area contributed by atoms with Crippen molar-refractivity contribution in [2.24, 2.45) is 10.9 Å². The van der Waals surface area contributed by atoms with Crippen molar-refractivity contribution in [2.45, 2.75) is 29.7 Å². The lowest BCUT2D eigenvalue weighted by Gasteiger charge is -2.24. The Morgan fingerprint density at radius 2 is 2.32 bits per heavy atom. The van der Waals surface area contributed by atoms with E-state index < -0.39 is 0 Å². The number of allylic oxidation sites excluding steroid dienone is 1. The minimum absolute atomic E-state index is 0.239. The van der Waals surface area contributed by atoms with Crippen LogP contribution >= 0.6 is 22.6 Å². The minimum atomic E-state index is 0.239. The van der Waals surface area contributed by atoms with Crippen LogP contribution in [0.15, 0.2) is 29.7 Å². The molecule has 0 aromatic carbocycles. The molecule has 112 valence electrons. The smallest absolute Gasteiger partial charge is 0.141 e. The Kier molecular flexibility index (Phi) is 4.52. The Hall–Kier alpha value is -1.75. The van der Waals surface area contributed by atoms with Crippen LogP contribution in [0.2, 0.25) is 0 Å². The molecule has 0 saturated heterocycles. The maximum atomic E-state index is 8.84. The zero-order valence-electron chi connectivity index (χ0n) is 12.2. The van der Waals surface area contributed by atoms with Crippen LogP contribution in [-0.2, 0) is 0 Å². The quantitative estimate of drug-likeness (QED) is 0.625. The summed E-state index contributed by atoms with van der Waals surface area (Å²) in [6.45, 7) is 2.12. The first-order valence-corrected chi connectivity index (χ1v) is 8.48. The molecule has 2 aromatic rings. The fourth-order valence-corrected chi connectivity index (χ4v) is 3.49. The van der Waals surface area contributed by atoms with Crippen molar-refractivity contribution in [3.63, 3.8) is 0 Å². The van der Waals surface area contributed by atoms with E-state index in [0.717, 1.165) is 28.7 Å². The SMILES string of the molecule is CC1N=CC(c2ncnc3[nH]ccc23)=CC1CC(I)CC#N. The third-order valence-corrected chi connectivity index (χ3v) is 4.88. The van der Waals surface area contributed by atoms with E-state index in [2.05, 4.69) is 61.6 Å². The zero-order valence-corrected chi connectivity index (χ0v) is 14.4. The summed E-state index contributed by atoms with van der Waals surface area (Å²) in [5.41, 5.74) is 2.79. The lowest BCUT2D eigenvalue weighted by molar-refractivity contribution is 0.498. The van der Waals surface area contributed by atoms with Crippen molar-refractivity contribution < 1.29 is 0 Å². The van der Waals surface area contributed by atoms with Gasteiger partial charge in [-0.25, -0.2) is 9.97 Å². The van der Waals surface area contributed by atoms with Crippen LogP contribution in [0.3, 0.4) is 0 Å². The number of aromatic nitrogens is 3. The summed E-state index contributed by atoms with van der Waals surface area (Å²) in [4.78, 5) is 16.4. The number of halogens is 1. The molecule has 0 saturated carbocycles. The third-order valence-electron chi connectivity index (χ3n) is 3.93. The van der Waals surface area contributed by atoms with Gasteiger partial charge in [-0.05, 0) is 19.4 Å². The molecular weight excluding hydrogens is 389 g/mol. The van der Waals surface area contributed by atoms with Gasteiger partial charge in [0.25, 0.3) is 0 Å². The minimum Gasteiger partial charge on any atom is -0.346 e. The topological polar surface area (TPSA) is 77.7 Å². The average Bonchev–Trinajstić information content (AvgIpc) is 2.98. The van der Waals surface area contributed by atoms with Crippen molar-refractivity contribution in [1.29, 1.82) is 5.26 Å². The summed E-state index contributed by atoms with van der Waals surface area (Å²) >= 11 is 2.35. The Balaban J connectivity index is 1.92. The molecule has 3 heterocycles. The predicted molar refractivity (Wildman–Crippen MR) is 96.0 cm³/mol. The number of rotatable bonds is 4. The van der Waals surface area contributed by atoms with E-state index in [0.29, 0.717) is 16.3 Å². The van der Waals surface area contributed by atoms with Crippen LogP contribution in [0, 0.1) is 17.2 Å². The molecule has 3 unspecified atom stereocenters. The first-order chi connectivity index (χ1) is 10.7. The fraction of sp³-hybridized carbons (Fsp3) is 0.375. The average molecular weight is 405 g/mol. The molecular formula is C16H16IN5. The Morgan fingerprint density at radius 3 is 3.14 bits per heavy atom. The van der Waals surface area contributed by atoms with Gasteiger partial charge in [0, 0.05) is 39.6 Å². The van der Waals surface area contributed by atoms with Crippen LogP contribution in [-0.4, -0.2) is 31.1 Å². The number of aromatic amines is 1. The van der Waals surface area contributed by atoms with Gasteiger partial charge in [-0.3, -0.25) is 4.99 Å². The highest BCUT2D eigenvalue weighted by atomic mass is 127. The molecule has 0 amide bonds. The maximum Gasteiger partial charge on any atom is 0.141 e. The largest absolute Gasteiger partial charge is 0.346 e. The maximum absolute atomic E-state index is 8.84. The van der Waals surface area contributed by atoms with E-state index in [-0.39, 0.29) is 6.04 Å². The number of hydrogen-bond acceptors (Lipinski definition) is 4. The van der Waals surface area contributed by atoms with Gasteiger partial charge in [-0.1, -0.05) is 28.7 Å². The summed E-state index contributed by atoms with van der Waals surface area (Å²) < 4.78 is 0.346. The lowest BCUT2D eigenvalue weighted by Crippen LogP contribution is -2.21.